The van der Waals surface area contributed by atoms with Crippen molar-refractivity contribution in [3.63, 3.8) is 0 Å². The van der Waals surface area contributed by atoms with Gasteiger partial charge in [0, 0.05) is 37.3 Å². The zero-order valence-electron chi connectivity index (χ0n) is 19.3. The van der Waals surface area contributed by atoms with Gasteiger partial charge in [0.05, 0.1) is 21.8 Å². The molecule has 2 heterocycles. The number of anilines is 3. The first-order chi connectivity index (χ1) is 17.3. The van der Waals surface area contributed by atoms with Crippen LogP contribution >= 0.6 is 0 Å². The van der Waals surface area contributed by atoms with Gasteiger partial charge >= 0.3 is 0 Å². The highest BCUT2D eigenvalue weighted by molar-refractivity contribution is 7.93. The Morgan fingerprint density at radius 1 is 0.722 bits per heavy atom. The van der Waals surface area contributed by atoms with E-state index in [0.717, 1.165) is 37.3 Å². The molecule has 11 heteroatoms. The predicted octanol–water partition coefficient (Wildman–Crippen LogP) is 3.25. The maximum Gasteiger partial charge on any atom is 0.279 e. The normalized spacial score (nSPS) is 14.5. The molecule has 1 aliphatic rings. The van der Waals surface area contributed by atoms with Crippen molar-refractivity contribution in [3.8, 4) is 0 Å². The minimum Gasteiger partial charge on any atom is -0.369 e. The van der Waals surface area contributed by atoms with Gasteiger partial charge in [0.25, 0.3) is 20.0 Å². The van der Waals surface area contributed by atoms with Crippen LogP contribution < -0.4 is 19.7 Å². The van der Waals surface area contributed by atoms with Crippen LogP contribution in [0.3, 0.4) is 0 Å². The number of rotatable bonds is 7. The average molecular weight is 524 g/mol. The molecular formula is C25H25N5O4S2. The van der Waals surface area contributed by atoms with Crippen molar-refractivity contribution in [1.29, 1.82) is 0 Å². The number of nitrogens with zero attached hydrogens (tertiary/aromatic N) is 2. The molecule has 0 bridgehead atoms. The Morgan fingerprint density at radius 2 is 1.42 bits per heavy atom. The van der Waals surface area contributed by atoms with Gasteiger partial charge in [0.1, 0.15) is 0 Å². The second-order valence-electron chi connectivity index (χ2n) is 8.33. The molecule has 4 aromatic rings. The van der Waals surface area contributed by atoms with E-state index < -0.39 is 20.0 Å². The molecule has 0 saturated carbocycles. The molecule has 9 nitrogen and oxygen atoms in total. The monoisotopic (exact) mass is 523 g/mol. The van der Waals surface area contributed by atoms with Crippen molar-refractivity contribution in [2.75, 3.05) is 40.5 Å². The number of benzene rings is 3. The van der Waals surface area contributed by atoms with Gasteiger partial charge in [-0.2, -0.15) is 8.42 Å². The summed E-state index contributed by atoms with van der Waals surface area (Å²) in [5, 5.41) is 3.93. The quantitative estimate of drug-likeness (QED) is 0.340. The number of hydrogen-bond donors (Lipinski definition) is 3. The maximum absolute atomic E-state index is 13.3. The highest BCUT2D eigenvalue weighted by Crippen LogP contribution is 2.32. The molecular weight excluding hydrogens is 498 g/mol. The standard InChI is InChI=1S/C25H25N5O4S2/c31-35(32,21-7-2-1-3-8-21)29-24-18-20(30-16-14-26-15-17-30)11-12-23(24)28-36(33,34)25-13-10-19-6-4-5-9-22(19)27-25/h1-13,18,26,28-29H,14-17H2. The van der Waals surface area contributed by atoms with Crippen LogP contribution in [0.15, 0.2) is 94.9 Å². The smallest absolute Gasteiger partial charge is 0.279 e. The van der Waals surface area contributed by atoms with Crippen molar-refractivity contribution in [3.05, 3.63) is 84.9 Å². The molecule has 0 spiro atoms. The van der Waals surface area contributed by atoms with Crippen molar-refractivity contribution in [2.24, 2.45) is 0 Å². The first-order valence-electron chi connectivity index (χ1n) is 11.4. The number of sulfonamides is 2. The van der Waals surface area contributed by atoms with E-state index in [0.29, 0.717) is 5.52 Å². The van der Waals surface area contributed by atoms with Gasteiger partial charge in [-0.3, -0.25) is 9.44 Å². The highest BCUT2D eigenvalue weighted by Gasteiger charge is 2.22. The first kappa shape index (κ1) is 24.0. The molecule has 1 saturated heterocycles. The third kappa shape index (κ3) is 5.13. The summed E-state index contributed by atoms with van der Waals surface area (Å²) >= 11 is 0. The lowest BCUT2D eigenvalue weighted by Gasteiger charge is -2.30. The van der Waals surface area contributed by atoms with E-state index in [9.17, 15) is 16.8 Å². The molecule has 186 valence electrons. The molecule has 0 aliphatic carbocycles. The fourth-order valence-electron chi connectivity index (χ4n) is 4.02. The van der Waals surface area contributed by atoms with E-state index >= 15 is 0 Å². The summed E-state index contributed by atoms with van der Waals surface area (Å²) in [4.78, 5) is 6.46. The summed E-state index contributed by atoms with van der Waals surface area (Å²) in [6.07, 6.45) is 0. The SMILES string of the molecule is O=S(=O)(Nc1cc(N2CCNCC2)ccc1NS(=O)(=O)c1ccc2ccccc2n1)c1ccccc1. The first-order valence-corrected chi connectivity index (χ1v) is 14.3. The summed E-state index contributed by atoms with van der Waals surface area (Å²) in [5.74, 6) is 0. The number of hydrogen-bond acceptors (Lipinski definition) is 7. The maximum atomic E-state index is 13.3. The van der Waals surface area contributed by atoms with E-state index in [1.807, 2.05) is 12.1 Å². The number of nitrogens with one attached hydrogen (secondary N) is 3. The lowest BCUT2D eigenvalue weighted by atomic mass is 10.2. The number of pyridine rings is 1. The van der Waals surface area contributed by atoms with Gasteiger partial charge < -0.3 is 10.2 Å². The zero-order valence-corrected chi connectivity index (χ0v) is 20.9. The van der Waals surface area contributed by atoms with Crippen molar-refractivity contribution in [2.45, 2.75) is 9.92 Å². The molecule has 3 N–H and O–H groups in total. The summed E-state index contributed by atoms with van der Waals surface area (Å²) < 4.78 is 57.8. The van der Waals surface area contributed by atoms with Gasteiger partial charge in [-0.15, -0.1) is 0 Å². The summed E-state index contributed by atoms with van der Waals surface area (Å²) in [6, 6.07) is 23.2. The number of aromatic nitrogens is 1. The fraction of sp³-hybridized carbons (Fsp3) is 0.160. The van der Waals surface area contributed by atoms with Gasteiger partial charge in [-0.25, -0.2) is 13.4 Å². The largest absolute Gasteiger partial charge is 0.369 e. The Morgan fingerprint density at radius 3 is 2.19 bits per heavy atom. The number of piperazine rings is 1. The van der Waals surface area contributed by atoms with Crippen LogP contribution in [0.1, 0.15) is 0 Å². The molecule has 5 rings (SSSR count). The Labute approximate surface area is 210 Å². The second-order valence-corrected chi connectivity index (χ2v) is 11.6. The van der Waals surface area contributed by atoms with E-state index in [1.54, 1.807) is 54.6 Å². The Kier molecular flexibility index (Phi) is 6.52. The van der Waals surface area contributed by atoms with Crippen LogP contribution in [0.25, 0.3) is 10.9 Å². The predicted molar refractivity (Wildman–Crippen MR) is 141 cm³/mol. The van der Waals surface area contributed by atoms with E-state index in [2.05, 4.69) is 24.6 Å². The average Bonchev–Trinajstić information content (AvgIpc) is 2.90. The topological polar surface area (TPSA) is 120 Å². The van der Waals surface area contributed by atoms with E-state index in [-0.39, 0.29) is 21.3 Å². The lowest BCUT2D eigenvalue weighted by Crippen LogP contribution is -2.43. The molecule has 36 heavy (non-hydrogen) atoms. The second kappa shape index (κ2) is 9.76. The van der Waals surface area contributed by atoms with Crippen LogP contribution in [0, 0.1) is 0 Å². The summed E-state index contributed by atoms with van der Waals surface area (Å²) in [6.45, 7) is 3.09. The van der Waals surface area contributed by atoms with Crippen LogP contribution in [0.2, 0.25) is 0 Å². The van der Waals surface area contributed by atoms with Crippen molar-refractivity contribution in [1.82, 2.24) is 10.3 Å². The van der Waals surface area contributed by atoms with Crippen molar-refractivity contribution < 1.29 is 16.8 Å². The zero-order chi connectivity index (χ0) is 25.2. The molecule has 1 aliphatic heterocycles. The van der Waals surface area contributed by atoms with Gasteiger partial charge in [-0.1, -0.05) is 36.4 Å². The van der Waals surface area contributed by atoms with Gasteiger partial charge in [0.2, 0.25) is 0 Å². The third-order valence-corrected chi connectivity index (χ3v) is 8.52. The minimum absolute atomic E-state index is 0.0718. The summed E-state index contributed by atoms with van der Waals surface area (Å²) in [5.41, 5.74) is 1.55. The van der Waals surface area contributed by atoms with Gasteiger partial charge in [0.15, 0.2) is 5.03 Å². The molecule has 1 fully saturated rings. The highest BCUT2D eigenvalue weighted by atomic mass is 32.2. The van der Waals surface area contributed by atoms with Crippen LogP contribution in [-0.4, -0.2) is 48.0 Å². The third-order valence-electron chi connectivity index (χ3n) is 5.88. The molecule has 3 aromatic carbocycles. The van der Waals surface area contributed by atoms with Crippen molar-refractivity contribution >= 4 is 48.0 Å². The van der Waals surface area contributed by atoms with E-state index in [1.165, 1.54) is 18.2 Å². The molecule has 0 amide bonds. The Bertz CT molecular complexity index is 1600. The van der Waals surface area contributed by atoms with Crippen LogP contribution in [0.4, 0.5) is 17.1 Å². The Balaban J connectivity index is 1.52. The molecule has 0 radical (unpaired) electrons. The Hall–Kier alpha value is -3.67. The van der Waals surface area contributed by atoms with Gasteiger partial charge in [-0.05, 0) is 48.5 Å². The lowest BCUT2D eigenvalue weighted by molar-refractivity contribution is 0.589. The number of fused-ring (bicyclic) bond motifs is 1. The number of para-hydroxylation sites is 1. The molecule has 0 unspecified atom stereocenters. The summed E-state index contributed by atoms with van der Waals surface area (Å²) in [7, 11) is -8.07. The molecule has 1 aromatic heterocycles. The van der Waals surface area contributed by atoms with Crippen LogP contribution in [-0.2, 0) is 20.0 Å². The van der Waals surface area contributed by atoms with E-state index in [4.69, 9.17) is 0 Å². The minimum atomic E-state index is -4.10. The van der Waals surface area contributed by atoms with Crippen LogP contribution in [0.5, 0.6) is 0 Å². The molecule has 0 atom stereocenters. The fourth-order valence-corrected chi connectivity index (χ4v) is 6.15.